The molecule has 2 aliphatic heterocycles. The number of nitrogens with zero attached hydrogens (tertiary/aromatic N) is 4. The van der Waals surface area contributed by atoms with Crippen molar-refractivity contribution in [2.75, 3.05) is 40.4 Å². The van der Waals surface area contributed by atoms with E-state index < -0.39 is 5.92 Å². The third-order valence-corrected chi connectivity index (χ3v) is 6.35. The van der Waals surface area contributed by atoms with Gasteiger partial charge in [-0.2, -0.15) is 0 Å². The van der Waals surface area contributed by atoms with E-state index in [-0.39, 0.29) is 36.8 Å². The largest absolute Gasteiger partial charge is 0.497 e. The molecule has 34 heavy (non-hydrogen) atoms. The van der Waals surface area contributed by atoms with Crippen molar-refractivity contribution in [1.82, 2.24) is 19.7 Å². The molecule has 4 rings (SSSR count). The first-order valence-corrected chi connectivity index (χ1v) is 11.4. The van der Waals surface area contributed by atoms with E-state index >= 15 is 0 Å². The molecule has 0 saturated carbocycles. The van der Waals surface area contributed by atoms with Gasteiger partial charge in [0.05, 0.1) is 37.9 Å². The van der Waals surface area contributed by atoms with Crippen LogP contribution in [0.25, 0.3) is 0 Å². The van der Waals surface area contributed by atoms with Crippen LogP contribution in [-0.4, -0.2) is 83.9 Å². The SMILES string of the molecule is COc1ccc(CN2C[C@H](OC)CN(C(=O)[C@@H]3CC(=O)N(Cc4ccccn4)C3)CC2=O)cc1. The number of carbonyl (C=O) groups is 3. The van der Waals surface area contributed by atoms with Crippen LogP contribution < -0.4 is 4.74 Å². The van der Waals surface area contributed by atoms with Gasteiger partial charge in [0.25, 0.3) is 0 Å². The fourth-order valence-corrected chi connectivity index (χ4v) is 4.44. The van der Waals surface area contributed by atoms with Gasteiger partial charge in [-0.25, -0.2) is 0 Å². The van der Waals surface area contributed by atoms with Crippen LogP contribution in [0.15, 0.2) is 48.7 Å². The molecule has 2 atom stereocenters. The monoisotopic (exact) mass is 466 g/mol. The molecule has 0 unspecified atom stereocenters. The lowest BCUT2D eigenvalue weighted by Gasteiger charge is -2.25. The number of hydrogen-bond donors (Lipinski definition) is 0. The van der Waals surface area contributed by atoms with Gasteiger partial charge in [-0.1, -0.05) is 18.2 Å². The van der Waals surface area contributed by atoms with Gasteiger partial charge in [0, 0.05) is 45.9 Å². The third-order valence-electron chi connectivity index (χ3n) is 6.35. The van der Waals surface area contributed by atoms with Gasteiger partial charge in [0.2, 0.25) is 17.7 Å². The molecule has 1 aromatic carbocycles. The Labute approximate surface area is 199 Å². The summed E-state index contributed by atoms with van der Waals surface area (Å²) in [7, 11) is 3.19. The summed E-state index contributed by atoms with van der Waals surface area (Å²) in [6.07, 6.45) is 1.52. The lowest BCUT2D eigenvalue weighted by molar-refractivity contribution is -0.141. The molecule has 2 fully saturated rings. The summed E-state index contributed by atoms with van der Waals surface area (Å²) in [4.78, 5) is 48.1. The maximum absolute atomic E-state index is 13.3. The normalized spacial score (nSPS) is 21.1. The zero-order chi connectivity index (χ0) is 24.1. The fraction of sp³-hybridized carbons (Fsp3) is 0.440. The van der Waals surface area contributed by atoms with E-state index in [1.165, 1.54) is 0 Å². The Kier molecular flexibility index (Phi) is 7.42. The van der Waals surface area contributed by atoms with Crippen molar-refractivity contribution >= 4 is 17.7 Å². The van der Waals surface area contributed by atoms with Gasteiger partial charge in [-0.15, -0.1) is 0 Å². The van der Waals surface area contributed by atoms with Gasteiger partial charge in [0.1, 0.15) is 5.75 Å². The second-order valence-electron chi connectivity index (χ2n) is 8.70. The summed E-state index contributed by atoms with van der Waals surface area (Å²) in [6, 6.07) is 13.1. The molecule has 2 aromatic rings. The standard InChI is InChI=1S/C25H30N4O5/c1-33-21-8-6-18(7-9-21)12-27-15-22(34-2)16-29(17-24(27)31)25(32)19-11-23(30)28(13-19)14-20-5-3-4-10-26-20/h3-10,19,22H,11-17H2,1-2H3/t19-,22+/m1/s1. The average Bonchev–Trinajstić information content (AvgIpc) is 3.14. The molecule has 0 N–H and O–H groups in total. The number of benzene rings is 1. The van der Waals surface area contributed by atoms with Gasteiger partial charge in [-0.3, -0.25) is 19.4 Å². The highest BCUT2D eigenvalue weighted by Crippen LogP contribution is 2.23. The van der Waals surface area contributed by atoms with Crippen LogP contribution in [-0.2, 0) is 32.2 Å². The second-order valence-corrected chi connectivity index (χ2v) is 8.70. The predicted molar refractivity (Wildman–Crippen MR) is 124 cm³/mol. The number of pyridine rings is 1. The van der Waals surface area contributed by atoms with Crippen LogP contribution in [0.4, 0.5) is 0 Å². The number of carbonyl (C=O) groups excluding carboxylic acids is 3. The number of methoxy groups -OCH3 is 2. The van der Waals surface area contributed by atoms with Crippen molar-refractivity contribution in [2.24, 2.45) is 5.92 Å². The molecule has 2 aliphatic rings. The first kappa shape index (κ1) is 23.7. The number of amides is 3. The van der Waals surface area contributed by atoms with Gasteiger partial charge in [-0.05, 0) is 29.8 Å². The summed E-state index contributed by atoms with van der Waals surface area (Å²) in [6.45, 7) is 1.79. The number of hydrogen-bond acceptors (Lipinski definition) is 6. The average molecular weight is 467 g/mol. The molecule has 3 amide bonds. The Hall–Kier alpha value is -3.46. The Morgan fingerprint density at radius 3 is 2.41 bits per heavy atom. The molecule has 180 valence electrons. The molecule has 0 radical (unpaired) electrons. The van der Waals surface area contributed by atoms with Gasteiger partial charge < -0.3 is 24.2 Å². The molecular formula is C25H30N4O5. The van der Waals surface area contributed by atoms with E-state index in [1.807, 2.05) is 42.5 Å². The van der Waals surface area contributed by atoms with Crippen LogP contribution in [0.2, 0.25) is 0 Å². The van der Waals surface area contributed by atoms with Crippen LogP contribution in [0.3, 0.4) is 0 Å². The lowest BCUT2D eigenvalue weighted by Crippen LogP contribution is -2.43. The minimum Gasteiger partial charge on any atom is -0.497 e. The van der Waals surface area contributed by atoms with Crippen molar-refractivity contribution in [1.29, 1.82) is 0 Å². The van der Waals surface area contributed by atoms with Gasteiger partial charge >= 0.3 is 0 Å². The topological polar surface area (TPSA) is 92.3 Å². The molecular weight excluding hydrogens is 436 g/mol. The van der Waals surface area contributed by atoms with Crippen molar-refractivity contribution in [3.8, 4) is 5.75 Å². The fourth-order valence-electron chi connectivity index (χ4n) is 4.44. The Bertz CT molecular complexity index is 1010. The van der Waals surface area contributed by atoms with E-state index in [1.54, 1.807) is 35.1 Å². The zero-order valence-electron chi connectivity index (χ0n) is 19.6. The molecule has 0 spiro atoms. The van der Waals surface area contributed by atoms with Crippen LogP contribution in [0, 0.1) is 5.92 Å². The number of aromatic nitrogens is 1. The predicted octanol–water partition coefficient (Wildman–Crippen LogP) is 1.32. The van der Waals surface area contributed by atoms with Gasteiger partial charge in [0.15, 0.2) is 0 Å². The molecule has 9 heteroatoms. The van der Waals surface area contributed by atoms with E-state index in [9.17, 15) is 14.4 Å². The van der Waals surface area contributed by atoms with Crippen molar-refractivity contribution < 1.29 is 23.9 Å². The lowest BCUT2D eigenvalue weighted by atomic mass is 10.1. The summed E-state index contributed by atoms with van der Waals surface area (Å²) >= 11 is 0. The number of rotatable bonds is 7. The van der Waals surface area contributed by atoms with E-state index in [0.29, 0.717) is 32.7 Å². The second kappa shape index (κ2) is 10.6. The third kappa shape index (κ3) is 5.53. The maximum atomic E-state index is 13.3. The van der Waals surface area contributed by atoms with E-state index in [4.69, 9.17) is 9.47 Å². The summed E-state index contributed by atoms with van der Waals surface area (Å²) in [5, 5.41) is 0. The van der Waals surface area contributed by atoms with Crippen LogP contribution in [0.5, 0.6) is 5.75 Å². The van der Waals surface area contributed by atoms with Crippen molar-refractivity contribution in [2.45, 2.75) is 25.6 Å². The maximum Gasteiger partial charge on any atom is 0.242 e. The minimum atomic E-state index is -0.477. The number of ether oxygens (including phenoxy) is 2. The Morgan fingerprint density at radius 2 is 1.74 bits per heavy atom. The van der Waals surface area contributed by atoms with Crippen LogP contribution >= 0.6 is 0 Å². The first-order chi connectivity index (χ1) is 16.5. The summed E-state index contributed by atoms with van der Waals surface area (Å²) in [5.41, 5.74) is 1.75. The molecule has 2 saturated heterocycles. The Balaban J connectivity index is 1.41. The quantitative estimate of drug-likeness (QED) is 0.611. The molecule has 1 aromatic heterocycles. The van der Waals surface area contributed by atoms with Crippen LogP contribution in [0.1, 0.15) is 17.7 Å². The molecule has 0 bridgehead atoms. The molecule has 9 nitrogen and oxygen atoms in total. The summed E-state index contributed by atoms with van der Waals surface area (Å²) < 4.78 is 10.8. The first-order valence-electron chi connectivity index (χ1n) is 11.4. The smallest absolute Gasteiger partial charge is 0.242 e. The summed E-state index contributed by atoms with van der Waals surface area (Å²) in [5.74, 6) is -0.123. The minimum absolute atomic E-state index is 0.0280. The highest BCUT2D eigenvalue weighted by atomic mass is 16.5. The van der Waals surface area contributed by atoms with E-state index in [0.717, 1.165) is 17.0 Å². The molecule has 3 heterocycles. The molecule has 0 aliphatic carbocycles. The van der Waals surface area contributed by atoms with Crippen molar-refractivity contribution in [3.63, 3.8) is 0 Å². The van der Waals surface area contributed by atoms with E-state index in [2.05, 4.69) is 4.98 Å². The highest BCUT2D eigenvalue weighted by molar-refractivity contribution is 5.91. The zero-order valence-corrected chi connectivity index (χ0v) is 19.6. The highest BCUT2D eigenvalue weighted by Gasteiger charge is 2.39. The Morgan fingerprint density at radius 1 is 0.971 bits per heavy atom. The van der Waals surface area contributed by atoms with Crippen molar-refractivity contribution in [3.05, 3.63) is 59.9 Å². The number of likely N-dealkylation sites (tertiary alicyclic amines) is 1.